The number of nitrogens with zero attached hydrogens (tertiary/aromatic N) is 1. The second kappa shape index (κ2) is 4.33. The average Bonchev–Trinajstić information content (AvgIpc) is 2.15. The zero-order valence-electron chi connectivity index (χ0n) is 10.1. The van der Waals surface area contributed by atoms with Crippen LogP contribution in [0.2, 0.25) is 0 Å². The van der Waals surface area contributed by atoms with Crippen molar-refractivity contribution >= 4 is 21.2 Å². The van der Waals surface area contributed by atoms with Crippen LogP contribution in [0, 0.1) is 0 Å². The van der Waals surface area contributed by atoms with Gasteiger partial charge in [-0.1, -0.05) is 0 Å². The van der Waals surface area contributed by atoms with Gasteiger partial charge in [0.05, 0.1) is 16.3 Å². The minimum atomic E-state index is -3.19. The highest BCUT2D eigenvalue weighted by Crippen LogP contribution is 2.26. The predicted octanol–water partition coefficient (Wildman–Crippen LogP) is 1.52. The standard InChI is InChI=1S/C11H18N2O2S/c1-8(2)13(3)11-6-5-9(7-10(11)12)16(4,14)15/h5-8H,12H2,1-4H3. The second-order valence-electron chi connectivity index (χ2n) is 4.20. The highest BCUT2D eigenvalue weighted by molar-refractivity contribution is 7.90. The molecule has 0 heterocycles. The van der Waals surface area contributed by atoms with Crippen LogP contribution in [0.25, 0.3) is 0 Å². The van der Waals surface area contributed by atoms with Gasteiger partial charge in [-0.2, -0.15) is 0 Å². The van der Waals surface area contributed by atoms with E-state index in [1.165, 1.54) is 12.3 Å². The van der Waals surface area contributed by atoms with Gasteiger partial charge in [-0.3, -0.25) is 0 Å². The topological polar surface area (TPSA) is 63.4 Å². The molecule has 1 aromatic rings. The summed E-state index contributed by atoms with van der Waals surface area (Å²) in [6.07, 6.45) is 1.17. The second-order valence-corrected chi connectivity index (χ2v) is 6.21. The van der Waals surface area contributed by atoms with Gasteiger partial charge in [0.1, 0.15) is 0 Å². The normalized spacial score (nSPS) is 11.8. The lowest BCUT2D eigenvalue weighted by atomic mass is 10.2. The van der Waals surface area contributed by atoms with Gasteiger partial charge in [-0.15, -0.1) is 0 Å². The number of rotatable bonds is 3. The molecule has 0 amide bonds. The molecule has 5 heteroatoms. The van der Waals surface area contributed by atoms with Crippen LogP contribution in [-0.2, 0) is 9.84 Å². The molecular weight excluding hydrogens is 224 g/mol. The number of hydrogen-bond acceptors (Lipinski definition) is 4. The van der Waals surface area contributed by atoms with E-state index in [0.717, 1.165) is 5.69 Å². The van der Waals surface area contributed by atoms with Gasteiger partial charge in [0.25, 0.3) is 0 Å². The third-order valence-electron chi connectivity index (χ3n) is 2.58. The third-order valence-corrected chi connectivity index (χ3v) is 3.69. The maximum absolute atomic E-state index is 11.3. The number of nitrogens with two attached hydrogens (primary N) is 1. The lowest BCUT2D eigenvalue weighted by molar-refractivity contribution is 0.602. The van der Waals surface area contributed by atoms with Gasteiger partial charge in [0.2, 0.25) is 0 Å². The van der Waals surface area contributed by atoms with Crippen molar-refractivity contribution in [3.63, 3.8) is 0 Å². The fraction of sp³-hybridized carbons (Fsp3) is 0.455. The van der Waals surface area contributed by atoms with E-state index in [1.54, 1.807) is 12.1 Å². The maximum Gasteiger partial charge on any atom is 0.175 e. The molecule has 0 unspecified atom stereocenters. The summed E-state index contributed by atoms with van der Waals surface area (Å²) in [6, 6.07) is 5.14. The Hall–Kier alpha value is -1.23. The Balaban J connectivity index is 3.20. The van der Waals surface area contributed by atoms with Crippen LogP contribution >= 0.6 is 0 Å². The summed E-state index contributed by atoms with van der Waals surface area (Å²) in [5.74, 6) is 0. The maximum atomic E-state index is 11.3. The predicted molar refractivity (Wildman–Crippen MR) is 67.5 cm³/mol. The molecule has 0 bridgehead atoms. The van der Waals surface area contributed by atoms with E-state index in [4.69, 9.17) is 5.73 Å². The van der Waals surface area contributed by atoms with Gasteiger partial charge in [-0.25, -0.2) is 8.42 Å². The molecule has 0 aliphatic carbocycles. The molecule has 0 aliphatic rings. The first-order chi connectivity index (χ1) is 7.23. The molecule has 16 heavy (non-hydrogen) atoms. The molecule has 90 valence electrons. The van der Waals surface area contributed by atoms with Crippen LogP contribution in [0.4, 0.5) is 11.4 Å². The molecule has 0 spiro atoms. The van der Waals surface area contributed by atoms with Crippen molar-refractivity contribution in [1.82, 2.24) is 0 Å². The SMILES string of the molecule is CC(C)N(C)c1ccc(S(C)(=O)=O)cc1N. The van der Waals surface area contributed by atoms with E-state index >= 15 is 0 Å². The van der Waals surface area contributed by atoms with E-state index < -0.39 is 9.84 Å². The Labute approximate surface area is 97.0 Å². The Morgan fingerprint density at radius 2 is 1.88 bits per heavy atom. The highest BCUT2D eigenvalue weighted by atomic mass is 32.2. The number of nitrogen functional groups attached to an aromatic ring is 1. The Bertz CT molecular complexity index is 481. The summed E-state index contributed by atoms with van der Waals surface area (Å²) in [5, 5.41) is 0. The first-order valence-corrected chi connectivity index (χ1v) is 6.95. The van der Waals surface area contributed by atoms with Gasteiger partial charge in [0.15, 0.2) is 9.84 Å². The smallest absolute Gasteiger partial charge is 0.175 e. The average molecular weight is 242 g/mol. The Morgan fingerprint density at radius 3 is 2.25 bits per heavy atom. The molecule has 0 saturated carbocycles. The first-order valence-electron chi connectivity index (χ1n) is 5.06. The number of sulfone groups is 1. The van der Waals surface area contributed by atoms with Gasteiger partial charge in [0, 0.05) is 19.3 Å². The minimum absolute atomic E-state index is 0.255. The Morgan fingerprint density at radius 1 is 1.31 bits per heavy atom. The molecule has 4 nitrogen and oxygen atoms in total. The third kappa shape index (κ3) is 2.66. The van der Waals surface area contributed by atoms with E-state index in [-0.39, 0.29) is 4.90 Å². The van der Waals surface area contributed by atoms with Crippen molar-refractivity contribution in [2.24, 2.45) is 0 Å². The lowest BCUT2D eigenvalue weighted by Crippen LogP contribution is -2.26. The quantitative estimate of drug-likeness (QED) is 0.816. The fourth-order valence-corrected chi connectivity index (χ4v) is 2.02. The zero-order chi connectivity index (χ0) is 12.5. The molecule has 0 radical (unpaired) electrons. The van der Waals surface area contributed by atoms with Crippen molar-refractivity contribution in [1.29, 1.82) is 0 Å². The monoisotopic (exact) mass is 242 g/mol. The number of benzene rings is 1. The minimum Gasteiger partial charge on any atom is -0.397 e. The van der Waals surface area contributed by atoms with Crippen LogP contribution in [0.15, 0.2) is 23.1 Å². The van der Waals surface area contributed by atoms with Gasteiger partial charge in [-0.05, 0) is 32.0 Å². The number of anilines is 2. The summed E-state index contributed by atoms with van der Waals surface area (Å²) >= 11 is 0. The van der Waals surface area contributed by atoms with E-state index in [9.17, 15) is 8.42 Å². The molecule has 0 fully saturated rings. The van der Waals surface area contributed by atoms with Crippen molar-refractivity contribution in [3.05, 3.63) is 18.2 Å². The Kier molecular flexibility index (Phi) is 3.48. The van der Waals surface area contributed by atoms with Crippen LogP contribution < -0.4 is 10.6 Å². The molecule has 1 rings (SSSR count). The molecule has 0 saturated heterocycles. The summed E-state index contributed by atoms with van der Waals surface area (Å²) in [4.78, 5) is 2.26. The van der Waals surface area contributed by atoms with Crippen molar-refractivity contribution in [3.8, 4) is 0 Å². The molecular formula is C11H18N2O2S. The van der Waals surface area contributed by atoms with E-state index in [0.29, 0.717) is 11.7 Å². The van der Waals surface area contributed by atoms with Gasteiger partial charge < -0.3 is 10.6 Å². The lowest BCUT2D eigenvalue weighted by Gasteiger charge is -2.25. The molecule has 1 aromatic carbocycles. The van der Waals surface area contributed by atoms with Crippen molar-refractivity contribution in [2.75, 3.05) is 23.9 Å². The summed E-state index contributed by atoms with van der Waals surface area (Å²) in [6.45, 7) is 4.09. The molecule has 0 aliphatic heterocycles. The van der Waals surface area contributed by atoms with Crippen LogP contribution in [0.3, 0.4) is 0 Å². The van der Waals surface area contributed by atoms with Crippen molar-refractivity contribution < 1.29 is 8.42 Å². The van der Waals surface area contributed by atoms with Gasteiger partial charge >= 0.3 is 0 Å². The largest absolute Gasteiger partial charge is 0.397 e. The zero-order valence-corrected chi connectivity index (χ0v) is 10.9. The summed E-state index contributed by atoms with van der Waals surface area (Å²) in [7, 11) is -1.26. The van der Waals surface area contributed by atoms with E-state index in [2.05, 4.69) is 0 Å². The van der Waals surface area contributed by atoms with E-state index in [1.807, 2.05) is 25.8 Å². The van der Waals surface area contributed by atoms with Crippen LogP contribution in [0.1, 0.15) is 13.8 Å². The van der Waals surface area contributed by atoms with Crippen LogP contribution in [0.5, 0.6) is 0 Å². The first kappa shape index (κ1) is 12.8. The molecule has 0 aromatic heterocycles. The highest BCUT2D eigenvalue weighted by Gasteiger charge is 2.12. The van der Waals surface area contributed by atoms with Crippen LogP contribution in [-0.4, -0.2) is 27.8 Å². The molecule has 2 N–H and O–H groups in total. The molecule has 0 atom stereocenters. The summed E-state index contributed by atoms with van der Waals surface area (Å²) < 4.78 is 22.7. The number of hydrogen-bond donors (Lipinski definition) is 1. The van der Waals surface area contributed by atoms with Crippen molar-refractivity contribution in [2.45, 2.75) is 24.8 Å². The summed E-state index contributed by atoms with van der Waals surface area (Å²) in [5.41, 5.74) is 7.19. The fourth-order valence-electron chi connectivity index (χ4n) is 1.36.